The predicted molar refractivity (Wildman–Crippen MR) is 74.9 cm³/mol. The van der Waals surface area contributed by atoms with Gasteiger partial charge in [0.1, 0.15) is 5.84 Å². The third-order valence-corrected chi connectivity index (χ3v) is 2.98. The molecule has 17 heavy (non-hydrogen) atoms. The molecule has 0 aromatic heterocycles. The Kier molecular flexibility index (Phi) is 4.55. The van der Waals surface area contributed by atoms with Crippen molar-refractivity contribution in [2.45, 2.75) is 27.2 Å². The Hall–Kier alpha value is -1.51. The summed E-state index contributed by atoms with van der Waals surface area (Å²) in [6, 6.07) is 6.06. The minimum absolute atomic E-state index is 0.138. The van der Waals surface area contributed by atoms with Crippen LogP contribution in [-0.4, -0.2) is 19.4 Å². The number of anilines is 1. The highest BCUT2D eigenvalue weighted by Crippen LogP contribution is 2.18. The molecule has 1 rings (SSSR count). The highest BCUT2D eigenvalue weighted by Gasteiger charge is 2.06. The smallest absolute Gasteiger partial charge is 0.123 e. The number of hydrogen-bond donors (Lipinski definition) is 2. The fourth-order valence-electron chi connectivity index (χ4n) is 1.77. The topological polar surface area (TPSA) is 53.1 Å². The van der Waals surface area contributed by atoms with Gasteiger partial charge in [0.25, 0.3) is 0 Å². The predicted octanol–water partition coefficient (Wildman–Crippen LogP) is 2.76. The van der Waals surface area contributed by atoms with E-state index in [9.17, 15) is 0 Å². The minimum atomic E-state index is 0.138. The molecule has 0 radical (unpaired) electrons. The third kappa shape index (κ3) is 3.77. The molecule has 0 aliphatic heterocycles. The summed E-state index contributed by atoms with van der Waals surface area (Å²) < 4.78 is 0. The van der Waals surface area contributed by atoms with E-state index in [-0.39, 0.29) is 5.84 Å². The summed E-state index contributed by atoms with van der Waals surface area (Å²) in [6.45, 7) is 7.52. The Balaban J connectivity index is 2.79. The summed E-state index contributed by atoms with van der Waals surface area (Å²) in [5.74, 6) is 0.855. The van der Waals surface area contributed by atoms with Crippen molar-refractivity contribution in [3.05, 3.63) is 29.3 Å². The molecular formula is C14H23N3. The lowest BCUT2D eigenvalue weighted by Gasteiger charge is -2.21. The largest absolute Gasteiger partial charge is 0.384 e. The van der Waals surface area contributed by atoms with Crippen molar-refractivity contribution >= 4 is 11.5 Å². The lowest BCUT2D eigenvalue weighted by atomic mass is 10.1. The fourth-order valence-corrected chi connectivity index (χ4v) is 1.77. The van der Waals surface area contributed by atoms with E-state index in [1.54, 1.807) is 0 Å². The second kappa shape index (κ2) is 5.71. The average Bonchev–Trinajstić information content (AvgIpc) is 2.25. The average molecular weight is 233 g/mol. The van der Waals surface area contributed by atoms with Gasteiger partial charge in [0.05, 0.1) is 0 Å². The van der Waals surface area contributed by atoms with Crippen molar-refractivity contribution in [3.63, 3.8) is 0 Å². The highest BCUT2D eigenvalue weighted by molar-refractivity contribution is 5.96. The van der Waals surface area contributed by atoms with Crippen LogP contribution in [0, 0.1) is 18.3 Å². The first-order valence-corrected chi connectivity index (χ1v) is 6.08. The van der Waals surface area contributed by atoms with Gasteiger partial charge in [-0.25, -0.2) is 0 Å². The number of benzene rings is 1. The molecule has 0 atom stereocenters. The van der Waals surface area contributed by atoms with Crippen LogP contribution in [0.4, 0.5) is 5.69 Å². The van der Waals surface area contributed by atoms with E-state index in [4.69, 9.17) is 11.1 Å². The van der Waals surface area contributed by atoms with Crippen LogP contribution in [0.25, 0.3) is 0 Å². The molecule has 0 bridgehead atoms. The van der Waals surface area contributed by atoms with Crippen molar-refractivity contribution in [2.75, 3.05) is 18.5 Å². The fraction of sp³-hybridized carbons (Fsp3) is 0.500. The van der Waals surface area contributed by atoms with Gasteiger partial charge >= 0.3 is 0 Å². The summed E-state index contributed by atoms with van der Waals surface area (Å²) in [5, 5.41) is 7.46. The standard InChI is InChI=1S/C14H23N3/c1-10(2)7-8-17(4)12-5-6-13(14(15)16)11(3)9-12/h5-6,9-10H,7-8H2,1-4H3,(H3,15,16). The number of nitrogens with one attached hydrogen (secondary N) is 1. The summed E-state index contributed by atoms with van der Waals surface area (Å²) in [6.07, 6.45) is 1.18. The molecule has 0 heterocycles. The van der Waals surface area contributed by atoms with Crippen molar-refractivity contribution < 1.29 is 0 Å². The molecule has 0 aliphatic rings. The molecule has 0 amide bonds. The van der Waals surface area contributed by atoms with Crippen molar-refractivity contribution in [1.29, 1.82) is 5.41 Å². The molecule has 1 aromatic rings. The quantitative estimate of drug-likeness (QED) is 0.607. The Morgan fingerprint density at radius 3 is 2.53 bits per heavy atom. The number of amidine groups is 1. The Bertz CT molecular complexity index is 396. The van der Waals surface area contributed by atoms with Gasteiger partial charge in [0.15, 0.2) is 0 Å². The first-order valence-electron chi connectivity index (χ1n) is 6.08. The Morgan fingerprint density at radius 1 is 1.41 bits per heavy atom. The number of nitrogens with two attached hydrogens (primary N) is 1. The summed E-state index contributed by atoms with van der Waals surface area (Å²) in [7, 11) is 2.10. The Labute approximate surface area is 104 Å². The van der Waals surface area contributed by atoms with Gasteiger partial charge in [-0.2, -0.15) is 0 Å². The van der Waals surface area contributed by atoms with Gasteiger partial charge < -0.3 is 10.6 Å². The van der Waals surface area contributed by atoms with E-state index in [1.807, 2.05) is 19.1 Å². The van der Waals surface area contributed by atoms with E-state index in [2.05, 4.69) is 31.9 Å². The Morgan fingerprint density at radius 2 is 2.06 bits per heavy atom. The molecule has 1 aromatic carbocycles. The normalized spacial score (nSPS) is 10.6. The van der Waals surface area contributed by atoms with Crippen LogP contribution in [0.5, 0.6) is 0 Å². The zero-order valence-corrected chi connectivity index (χ0v) is 11.2. The highest BCUT2D eigenvalue weighted by atomic mass is 15.1. The van der Waals surface area contributed by atoms with Crippen LogP contribution in [0.2, 0.25) is 0 Å². The maximum atomic E-state index is 7.46. The van der Waals surface area contributed by atoms with Gasteiger partial charge in [-0.1, -0.05) is 13.8 Å². The maximum absolute atomic E-state index is 7.46. The zero-order valence-electron chi connectivity index (χ0n) is 11.2. The molecule has 0 spiro atoms. The molecule has 3 heteroatoms. The maximum Gasteiger partial charge on any atom is 0.123 e. The van der Waals surface area contributed by atoms with Crippen LogP contribution < -0.4 is 10.6 Å². The van der Waals surface area contributed by atoms with E-state index >= 15 is 0 Å². The van der Waals surface area contributed by atoms with Crippen molar-refractivity contribution in [1.82, 2.24) is 0 Å². The van der Waals surface area contributed by atoms with Crippen molar-refractivity contribution in [3.8, 4) is 0 Å². The van der Waals surface area contributed by atoms with Crippen molar-refractivity contribution in [2.24, 2.45) is 11.7 Å². The number of nitrogen functional groups attached to an aromatic ring is 1. The SMILES string of the molecule is Cc1cc(N(C)CCC(C)C)ccc1C(=N)N. The van der Waals surface area contributed by atoms with E-state index in [1.165, 1.54) is 12.1 Å². The molecule has 0 saturated carbocycles. The molecular weight excluding hydrogens is 210 g/mol. The van der Waals surface area contributed by atoms with Gasteiger partial charge in [-0.3, -0.25) is 5.41 Å². The van der Waals surface area contributed by atoms with Crippen LogP contribution in [0.1, 0.15) is 31.4 Å². The molecule has 0 unspecified atom stereocenters. The number of hydrogen-bond acceptors (Lipinski definition) is 2. The van der Waals surface area contributed by atoms with Crippen LogP contribution >= 0.6 is 0 Å². The lowest BCUT2D eigenvalue weighted by molar-refractivity contribution is 0.585. The number of rotatable bonds is 5. The van der Waals surface area contributed by atoms with Gasteiger partial charge in [-0.15, -0.1) is 0 Å². The molecule has 3 nitrogen and oxygen atoms in total. The van der Waals surface area contributed by atoms with E-state index < -0.39 is 0 Å². The first-order chi connectivity index (χ1) is 7.91. The van der Waals surface area contributed by atoms with Gasteiger partial charge in [0, 0.05) is 24.8 Å². The molecule has 94 valence electrons. The molecule has 3 N–H and O–H groups in total. The number of nitrogens with zero attached hydrogens (tertiary/aromatic N) is 1. The van der Waals surface area contributed by atoms with Crippen LogP contribution in [0.15, 0.2) is 18.2 Å². The molecule has 0 fully saturated rings. The molecule has 0 saturated heterocycles. The first kappa shape index (κ1) is 13.6. The zero-order chi connectivity index (χ0) is 13.0. The van der Waals surface area contributed by atoms with E-state index in [0.29, 0.717) is 0 Å². The van der Waals surface area contributed by atoms with Crippen LogP contribution in [0.3, 0.4) is 0 Å². The van der Waals surface area contributed by atoms with Gasteiger partial charge in [-0.05, 0) is 43.0 Å². The van der Waals surface area contributed by atoms with E-state index in [0.717, 1.165) is 23.6 Å². The van der Waals surface area contributed by atoms with Gasteiger partial charge in [0.2, 0.25) is 0 Å². The second-order valence-corrected chi connectivity index (χ2v) is 5.02. The monoisotopic (exact) mass is 233 g/mol. The number of aryl methyl sites for hydroxylation is 1. The molecule has 0 aliphatic carbocycles. The minimum Gasteiger partial charge on any atom is -0.384 e. The lowest BCUT2D eigenvalue weighted by Crippen LogP contribution is -2.20. The summed E-state index contributed by atoms with van der Waals surface area (Å²) in [5.41, 5.74) is 8.58. The summed E-state index contributed by atoms with van der Waals surface area (Å²) in [4.78, 5) is 2.25. The van der Waals surface area contributed by atoms with Crippen LogP contribution in [-0.2, 0) is 0 Å². The second-order valence-electron chi connectivity index (χ2n) is 5.02. The summed E-state index contributed by atoms with van der Waals surface area (Å²) >= 11 is 0. The third-order valence-electron chi connectivity index (χ3n) is 2.98.